The first kappa shape index (κ1) is 17.8. The molecule has 2 aromatic rings. The molecule has 0 saturated heterocycles. The molecule has 0 aromatic heterocycles. The van der Waals surface area contributed by atoms with Gasteiger partial charge >= 0.3 is 0 Å². The molecule has 0 spiro atoms. The average molecular weight is 347 g/mol. The predicted octanol–water partition coefficient (Wildman–Crippen LogP) is 3.24. The maximum atomic E-state index is 6.76. The van der Waals surface area contributed by atoms with Gasteiger partial charge in [-0.25, -0.2) is 0 Å². The largest absolute Gasteiger partial charge is 0.497 e. The van der Waals surface area contributed by atoms with Gasteiger partial charge in [0, 0.05) is 0 Å². The Bertz CT molecular complexity index is 611. The number of benzene rings is 2. The van der Waals surface area contributed by atoms with Crippen LogP contribution in [-0.4, -0.2) is 30.9 Å². The van der Waals surface area contributed by atoms with E-state index in [0.29, 0.717) is 0 Å². The van der Waals surface area contributed by atoms with Gasteiger partial charge in [-0.05, 0) is 60.8 Å². The second-order valence-corrected chi connectivity index (χ2v) is 14.6. The maximum absolute atomic E-state index is 6.76. The molecule has 0 unspecified atom stereocenters. The zero-order chi connectivity index (χ0) is 17.1. The summed E-state index contributed by atoms with van der Waals surface area (Å²) < 4.78 is 17.5. The molecule has 0 radical (unpaired) electrons. The van der Waals surface area contributed by atoms with Crippen molar-refractivity contribution in [2.45, 2.75) is 26.2 Å². The monoisotopic (exact) mass is 346 g/mol. The first-order valence-corrected chi connectivity index (χ1v) is 13.6. The topological polar surface area (TPSA) is 27.7 Å². The summed E-state index contributed by atoms with van der Waals surface area (Å²) in [7, 11) is -0.668. The van der Waals surface area contributed by atoms with Crippen LogP contribution in [-0.2, 0) is 4.12 Å². The molecule has 23 heavy (non-hydrogen) atoms. The second-order valence-electron chi connectivity index (χ2n) is 6.59. The lowest BCUT2D eigenvalue weighted by molar-refractivity contribution is 0.415. The normalized spacial score (nSPS) is 12.1. The summed E-state index contributed by atoms with van der Waals surface area (Å²) in [6, 6.07) is 16.5. The van der Waals surface area contributed by atoms with Crippen molar-refractivity contribution >= 4 is 27.0 Å². The third-order valence-corrected chi connectivity index (χ3v) is 11.5. The Balaban J connectivity index is 2.29. The van der Waals surface area contributed by atoms with E-state index in [9.17, 15) is 0 Å². The number of hydrogen-bond donors (Lipinski definition) is 0. The van der Waals surface area contributed by atoms with Crippen molar-refractivity contribution in [1.82, 2.24) is 0 Å². The fourth-order valence-electron chi connectivity index (χ4n) is 2.75. The fourth-order valence-corrected chi connectivity index (χ4v) is 10.8. The third-order valence-electron chi connectivity index (χ3n) is 4.04. The Morgan fingerprint density at radius 3 is 1.39 bits per heavy atom. The van der Waals surface area contributed by atoms with Crippen molar-refractivity contribution in [1.29, 1.82) is 0 Å². The lowest BCUT2D eigenvalue weighted by Crippen LogP contribution is -2.57. The van der Waals surface area contributed by atoms with Crippen molar-refractivity contribution in [2.24, 2.45) is 0 Å². The SMILES string of the molecule is COc1cccc([Si](C)(C)O[Si](C)(C)c2cccc(OC)c2)c1. The summed E-state index contributed by atoms with van der Waals surface area (Å²) >= 11 is 0. The van der Waals surface area contributed by atoms with E-state index in [4.69, 9.17) is 13.6 Å². The molecule has 3 nitrogen and oxygen atoms in total. The van der Waals surface area contributed by atoms with Gasteiger partial charge in [0.2, 0.25) is 16.6 Å². The van der Waals surface area contributed by atoms with Crippen LogP contribution < -0.4 is 19.8 Å². The van der Waals surface area contributed by atoms with Gasteiger partial charge in [0.1, 0.15) is 11.5 Å². The molecule has 0 aliphatic rings. The van der Waals surface area contributed by atoms with E-state index in [0.717, 1.165) is 11.5 Å². The number of methoxy groups -OCH3 is 2. The van der Waals surface area contributed by atoms with Gasteiger partial charge in [0.25, 0.3) is 0 Å². The minimum atomic E-state index is -2.03. The van der Waals surface area contributed by atoms with Crippen LogP contribution in [0.15, 0.2) is 48.5 Å². The van der Waals surface area contributed by atoms with Crippen LogP contribution in [0.5, 0.6) is 11.5 Å². The molecule has 0 N–H and O–H groups in total. The van der Waals surface area contributed by atoms with E-state index in [1.165, 1.54) is 10.4 Å². The molecule has 0 atom stereocenters. The Morgan fingerprint density at radius 2 is 1.04 bits per heavy atom. The molecule has 2 rings (SSSR count). The van der Waals surface area contributed by atoms with E-state index < -0.39 is 16.6 Å². The molecule has 0 saturated carbocycles. The second kappa shape index (κ2) is 6.90. The molecule has 0 fully saturated rings. The van der Waals surface area contributed by atoms with Gasteiger partial charge < -0.3 is 13.6 Å². The van der Waals surface area contributed by atoms with Crippen molar-refractivity contribution in [3.8, 4) is 11.5 Å². The van der Waals surface area contributed by atoms with Gasteiger partial charge in [0.05, 0.1) is 14.2 Å². The fraction of sp³-hybridized carbons (Fsp3) is 0.333. The minimum Gasteiger partial charge on any atom is -0.497 e. The quantitative estimate of drug-likeness (QED) is 0.752. The van der Waals surface area contributed by atoms with Crippen molar-refractivity contribution < 1.29 is 13.6 Å². The molecule has 0 aliphatic carbocycles. The Morgan fingerprint density at radius 1 is 0.652 bits per heavy atom. The highest BCUT2D eigenvalue weighted by molar-refractivity contribution is 6.96. The highest BCUT2D eigenvalue weighted by Gasteiger charge is 2.36. The van der Waals surface area contributed by atoms with E-state index in [1.807, 2.05) is 24.3 Å². The molecular formula is C18H26O3Si2. The highest BCUT2D eigenvalue weighted by Crippen LogP contribution is 2.19. The van der Waals surface area contributed by atoms with Crippen LogP contribution >= 0.6 is 0 Å². The maximum Gasteiger partial charge on any atom is 0.206 e. The summed E-state index contributed by atoms with van der Waals surface area (Å²) in [4.78, 5) is 0. The molecule has 0 bridgehead atoms. The Hall–Kier alpha value is -1.57. The summed E-state index contributed by atoms with van der Waals surface area (Å²) in [5.41, 5.74) is 0. The van der Waals surface area contributed by atoms with Crippen LogP contribution in [0.3, 0.4) is 0 Å². The Kier molecular flexibility index (Phi) is 5.34. The molecule has 2 aromatic carbocycles. The third kappa shape index (κ3) is 4.25. The summed E-state index contributed by atoms with van der Waals surface area (Å²) in [6.07, 6.45) is 0. The van der Waals surface area contributed by atoms with Crippen molar-refractivity contribution in [2.75, 3.05) is 14.2 Å². The Labute approximate surface area is 141 Å². The molecule has 124 valence electrons. The smallest absolute Gasteiger partial charge is 0.206 e. The lowest BCUT2D eigenvalue weighted by Gasteiger charge is -2.34. The van der Waals surface area contributed by atoms with E-state index in [1.54, 1.807) is 14.2 Å². The predicted molar refractivity (Wildman–Crippen MR) is 101 cm³/mol. The van der Waals surface area contributed by atoms with Crippen LogP contribution in [0.4, 0.5) is 0 Å². The number of ether oxygens (including phenoxy) is 2. The van der Waals surface area contributed by atoms with E-state index in [2.05, 4.69) is 50.5 Å². The zero-order valence-corrected chi connectivity index (χ0v) is 16.8. The number of rotatable bonds is 6. The van der Waals surface area contributed by atoms with Gasteiger partial charge in [0.15, 0.2) is 0 Å². The van der Waals surface area contributed by atoms with Crippen LogP contribution in [0, 0.1) is 0 Å². The summed E-state index contributed by atoms with van der Waals surface area (Å²) in [6.45, 7) is 8.99. The molecule has 0 amide bonds. The van der Waals surface area contributed by atoms with Crippen LogP contribution in [0.2, 0.25) is 26.2 Å². The van der Waals surface area contributed by atoms with Gasteiger partial charge in [-0.3, -0.25) is 0 Å². The van der Waals surface area contributed by atoms with Crippen molar-refractivity contribution in [3.63, 3.8) is 0 Å². The summed E-state index contributed by atoms with van der Waals surface area (Å²) in [5, 5.41) is 2.50. The van der Waals surface area contributed by atoms with E-state index in [-0.39, 0.29) is 0 Å². The van der Waals surface area contributed by atoms with Gasteiger partial charge in [-0.1, -0.05) is 24.3 Å². The molecule has 5 heteroatoms. The van der Waals surface area contributed by atoms with Crippen LogP contribution in [0.1, 0.15) is 0 Å². The van der Waals surface area contributed by atoms with Crippen LogP contribution in [0.25, 0.3) is 0 Å². The molecule has 0 heterocycles. The lowest BCUT2D eigenvalue weighted by atomic mass is 10.3. The zero-order valence-electron chi connectivity index (χ0n) is 14.8. The van der Waals surface area contributed by atoms with Gasteiger partial charge in [-0.15, -0.1) is 0 Å². The van der Waals surface area contributed by atoms with Gasteiger partial charge in [-0.2, -0.15) is 0 Å². The van der Waals surface area contributed by atoms with Crippen molar-refractivity contribution in [3.05, 3.63) is 48.5 Å². The highest BCUT2D eigenvalue weighted by atomic mass is 28.4. The summed E-state index contributed by atoms with van der Waals surface area (Å²) in [5.74, 6) is 1.76. The minimum absolute atomic E-state index is 0.882. The number of hydrogen-bond acceptors (Lipinski definition) is 3. The first-order chi connectivity index (χ1) is 10.8. The first-order valence-electron chi connectivity index (χ1n) is 7.78. The molecular weight excluding hydrogens is 320 g/mol. The van der Waals surface area contributed by atoms with E-state index >= 15 is 0 Å². The standard InChI is InChI=1S/C18H26O3Si2/c1-19-15-9-7-11-17(13-15)22(3,4)21-23(5,6)18-12-8-10-16(14-18)20-2/h7-14H,1-6H3. The average Bonchev–Trinajstić information content (AvgIpc) is 2.54. The molecule has 0 aliphatic heterocycles.